The maximum absolute atomic E-state index is 5.71. The Balaban J connectivity index is 2.00. The highest BCUT2D eigenvalue weighted by atomic mass is 16.5. The van der Waals surface area contributed by atoms with Gasteiger partial charge in [0.05, 0.1) is 6.10 Å². The number of hydrogen-bond acceptors (Lipinski definition) is 3. The van der Waals surface area contributed by atoms with Crippen molar-refractivity contribution in [3.8, 4) is 5.75 Å². The molecular weight excluding hydrogens is 248 g/mol. The van der Waals surface area contributed by atoms with Crippen LogP contribution in [0.25, 0.3) is 0 Å². The molecule has 3 nitrogen and oxygen atoms in total. The van der Waals surface area contributed by atoms with Crippen molar-refractivity contribution in [3.05, 3.63) is 29.8 Å². The molecule has 1 atom stereocenters. The van der Waals surface area contributed by atoms with E-state index in [-0.39, 0.29) is 6.10 Å². The molecule has 1 N–H and O–H groups in total. The van der Waals surface area contributed by atoms with Gasteiger partial charge >= 0.3 is 0 Å². The van der Waals surface area contributed by atoms with E-state index in [9.17, 15) is 0 Å². The topological polar surface area (TPSA) is 24.5 Å². The van der Waals surface area contributed by atoms with E-state index in [1.807, 2.05) is 0 Å². The van der Waals surface area contributed by atoms with Crippen LogP contribution in [-0.4, -0.2) is 37.2 Å². The van der Waals surface area contributed by atoms with E-state index in [4.69, 9.17) is 4.74 Å². The minimum Gasteiger partial charge on any atom is -0.491 e. The molecule has 1 aromatic rings. The van der Waals surface area contributed by atoms with E-state index in [0.29, 0.717) is 6.04 Å². The summed E-state index contributed by atoms with van der Waals surface area (Å²) in [6, 6.07) is 9.74. The van der Waals surface area contributed by atoms with Gasteiger partial charge in [-0.2, -0.15) is 0 Å². The van der Waals surface area contributed by atoms with Crippen LogP contribution in [0.1, 0.15) is 45.2 Å². The van der Waals surface area contributed by atoms with E-state index >= 15 is 0 Å². The maximum atomic E-state index is 5.71. The van der Waals surface area contributed by atoms with Gasteiger partial charge < -0.3 is 15.0 Å². The molecule has 0 saturated heterocycles. The molecule has 1 fully saturated rings. The zero-order valence-electron chi connectivity index (χ0n) is 13.2. The summed E-state index contributed by atoms with van der Waals surface area (Å²) < 4.78 is 5.71. The Kier molecular flexibility index (Phi) is 5.44. The second kappa shape index (κ2) is 7.09. The van der Waals surface area contributed by atoms with E-state index in [1.54, 1.807) is 0 Å². The molecule has 3 heteroatoms. The van der Waals surface area contributed by atoms with Gasteiger partial charge in [0.25, 0.3) is 0 Å². The van der Waals surface area contributed by atoms with Crippen molar-refractivity contribution in [2.24, 2.45) is 0 Å². The summed E-state index contributed by atoms with van der Waals surface area (Å²) in [6.07, 6.45) is 2.94. The average molecular weight is 276 g/mol. The lowest BCUT2D eigenvalue weighted by Gasteiger charge is -2.25. The average Bonchev–Trinajstić information content (AvgIpc) is 3.22. The Labute approximate surface area is 123 Å². The van der Waals surface area contributed by atoms with Gasteiger partial charge in [-0.3, -0.25) is 0 Å². The molecule has 0 radical (unpaired) electrons. The molecule has 1 aliphatic rings. The molecule has 1 saturated carbocycles. The van der Waals surface area contributed by atoms with E-state index < -0.39 is 0 Å². The third-order valence-electron chi connectivity index (χ3n) is 3.75. The van der Waals surface area contributed by atoms with E-state index in [0.717, 1.165) is 24.9 Å². The summed E-state index contributed by atoms with van der Waals surface area (Å²) in [4.78, 5) is 2.48. The minimum atomic E-state index is 0.228. The molecule has 0 aliphatic heterocycles. The fraction of sp³-hybridized carbons (Fsp3) is 0.647. The predicted octanol–water partition coefficient (Wildman–Crippen LogP) is 3.22. The highest BCUT2D eigenvalue weighted by Gasteiger charge is 2.27. The van der Waals surface area contributed by atoms with Crippen LogP contribution in [0.2, 0.25) is 0 Å². The number of nitrogens with one attached hydrogen (secondary N) is 1. The van der Waals surface area contributed by atoms with Gasteiger partial charge in [0.2, 0.25) is 0 Å². The highest BCUT2D eigenvalue weighted by Crippen LogP contribution is 2.27. The zero-order chi connectivity index (χ0) is 14.5. The van der Waals surface area contributed by atoms with Gasteiger partial charge in [-0.25, -0.2) is 0 Å². The van der Waals surface area contributed by atoms with Crippen LogP contribution in [0.3, 0.4) is 0 Å². The molecule has 0 heterocycles. The number of nitrogens with zero attached hydrogens (tertiary/aromatic N) is 1. The SMILES string of the molecule is CCNC(CN(C)C1CC1)c1ccc(OC(C)C)cc1. The molecule has 2 rings (SSSR count). The third kappa shape index (κ3) is 4.50. The number of hydrogen-bond donors (Lipinski definition) is 1. The minimum absolute atomic E-state index is 0.228. The van der Waals surface area contributed by atoms with Gasteiger partial charge in [-0.15, -0.1) is 0 Å². The van der Waals surface area contributed by atoms with Crippen molar-refractivity contribution in [1.82, 2.24) is 10.2 Å². The second-order valence-corrected chi connectivity index (χ2v) is 6.02. The molecule has 1 unspecified atom stereocenters. The van der Waals surface area contributed by atoms with Gasteiger partial charge in [-0.1, -0.05) is 19.1 Å². The van der Waals surface area contributed by atoms with Crippen molar-refractivity contribution in [1.29, 1.82) is 0 Å². The monoisotopic (exact) mass is 276 g/mol. The van der Waals surface area contributed by atoms with Crippen LogP contribution in [0.4, 0.5) is 0 Å². The Morgan fingerprint density at radius 1 is 1.25 bits per heavy atom. The van der Waals surface area contributed by atoms with Crippen molar-refractivity contribution in [2.75, 3.05) is 20.1 Å². The molecule has 0 aromatic heterocycles. The molecule has 0 bridgehead atoms. The zero-order valence-corrected chi connectivity index (χ0v) is 13.2. The second-order valence-electron chi connectivity index (χ2n) is 6.02. The number of rotatable bonds is 8. The number of benzene rings is 1. The summed E-state index contributed by atoms with van der Waals surface area (Å²) in [5.41, 5.74) is 1.34. The van der Waals surface area contributed by atoms with Crippen molar-refractivity contribution in [3.63, 3.8) is 0 Å². The Morgan fingerprint density at radius 3 is 2.40 bits per heavy atom. The number of likely N-dealkylation sites (N-methyl/N-ethyl adjacent to an activating group) is 2. The molecule has 1 aromatic carbocycles. The van der Waals surface area contributed by atoms with Crippen LogP contribution in [-0.2, 0) is 0 Å². The Morgan fingerprint density at radius 2 is 1.90 bits per heavy atom. The summed E-state index contributed by atoms with van der Waals surface area (Å²) in [5, 5.41) is 3.59. The van der Waals surface area contributed by atoms with E-state index in [1.165, 1.54) is 18.4 Å². The first kappa shape index (κ1) is 15.3. The molecule has 0 spiro atoms. The maximum Gasteiger partial charge on any atom is 0.119 e. The van der Waals surface area contributed by atoms with Crippen LogP contribution < -0.4 is 10.1 Å². The van der Waals surface area contributed by atoms with Gasteiger partial charge in [0.15, 0.2) is 0 Å². The summed E-state index contributed by atoms with van der Waals surface area (Å²) in [5.74, 6) is 0.953. The summed E-state index contributed by atoms with van der Waals surface area (Å²) in [6.45, 7) is 8.34. The molecule has 1 aliphatic carbocycles. The van der Waals surface area contributed by atoms with E-state index in [2.05, 4.69) is 62.3 Å². The standard InChI is InChI=1S/C17H28N2O/c1-5-18-17(12-19(4)15-8-9-15)14-6-10-16(11-7-14)20-13(2)3/h6-7,10-11,13,15,17-18H,5,8-9,12H2,1-4H3. The normalized spacial score (nSPS) is 16.7. The molecule has 0 amide bonds. The first-order valence-electron chi connectivity index (χ1n) is 7.80. The molecule has 112 valence electrons. The van der Waals surface area contributed by atoms with Crippen LogP contribution >= 0.6 is 0 Å². The summed E-state index contributed by atoms with van der Waals surface area (Å²) >= 11 is 0. The molecular formula is C17H28N2O. The van der Waals surface area contributed by atoms with Crippen LogP contribution in [0.15, 0.2) is 24.3 Å². The first-order chi connectivity index (χ1) is 9.60. The lowest BCUT2D eigenvalue weighted by Crippen LogP contribution is -2.34. The third-order valence-corrected chi connectivity index (χ3v) is 3.75. The summed E-state index contributed by atoms with van der Waals surface area (Å²) in [7, 11) is 2.23. The smallest absolute Gasteiger partial charge is 0.119 e. The van der Waals surface area contributed by atoms with Gasteiger partial charge in [0, 0.05) is 18.6 Å². The van der Waals surface area contributed by atoms with Crippen LogP contribution in [0, 0.1) is 0 Å². The Hall–Kier alpha value is -1.06. The van der Waals surface area contributed by atoms with Gasteiger partial charge in [-0.05, 0) is 58.0 Å². The van der Waals surface area contributed by atoms with Crippen LogP contribution in [0.5, 0.6) is 5.75 Å². The van der Waals surface area contributed by atoms with Crippen molar-refractivity contribution >= 4 is 0 Å². The lowest BCUT2D eigenvalue weighted by atomic mass is 10.1. The molecule has 20 heavy (non-hydrogen) atoms. The highest BCUT2D eigenvalue weighted by molar-refractivity contribution is 5.29. The predicted molar refractivity (Wildman–Crippen MR) is 84.3 cm³/mol. The lowest BCUT2D eigenvalue weighted by molar-refractivity contribution is 0.242. The van der Waals surface area contributed by atoms with Crippen molar-refractivity contribution < 1.29 is 4.74 Å². The number of ether oxygens (including phenoxy) is 1. The first-order valence-corrected chi connectivity index (χ1v) is 7.80. The fourth-order valence-corrected chi connectivity index (χ4v) is 2.54. The largest absolute Gasteiger partial charge is 0.491 e. The Bertz CT molecular complexity index is 398. The van der Waals surface area contributed by atoms with Gasteiger partial charge in [0.1, 0.15) is 5.75 Å². The quantitative estimate of drug-likeness (QED) is 0.789. The van der Waals surface area contributed by atoms with Crippen molar-refractivity contribution in [2.45, 2.75) is 51.8 Å². The fourth-order valence-electron chi connectivity index (χ4n) is 2.54.